The number of alkyl halides is 11. The molecule has 1 fully saturated rings. The number of carbonyl (C=O) groups excluding carboxylic acids is 1. The minimum atomic E-state index is -7.59. The van der Waals surface area contributed by atoms with E-state index < -0.39 is 35.6 Å². The fourth-order valence-electron chi connectivity index (χ4n) is 1.73. The molecule has 0 saturated carbocycles. The first kappa shape index (κ1) is 22.4. The fraction of sp³-hybridized carbons (Fsp3) is 0.750. The second kappa shape index (κ2) is 6.85. The summed E-state index contributed by atoms with van der Waals surface area (Å²) < 4.78 is 145. The van der Waals surface area contributed by atoms with Gasteiger partial charge in [0.2, 0.25) is 5.78 Å². The van der Waals surface area contributed by atoms with E-state index in [1.807, 2.05) is 0 Å². The summed E-state index contributed by atoms with van der Waals surface area (Å²) in [6, 6.07) is 0. The number of morpholine rings is 1. The van der Waals surface area contributed by atoms with Crippen molar-refractivity contribution in [3.05, 3.63) is 12.3 Å². The molecule has 0 atom stereocenters. The third-order valence-electron chi connectivity index (χ3n) is 3.33. The van der Waals surface area contributed by atoms with E-state index in [4.69, 9.17) is 4.74 Å². The Balaban J connectivity index is 3.14. The van der Waals surface area contributed by atoms with Gasteiger partial charge in [0.05, 0.1) is 13.2 Å². The molecule has 0 aromatic heterocycles. The Labute approximate surface area is 138 Å². The van der Waals surface area contributed by atoms with E-state index in [-0.39, 0.29) is 32.4 Å². The summed E-state index contributed by atoms with van der Waals surface area (Å²) in [6.45, 7) is 0.129. The van der Waals surface area contributed by atoms with Crippen molar-refractivity contribution in [3.8, 4) is 0 Å². The Bertz CT molecular complexity index is 550. The number of halogens is 11. The molecule has 1 heterocycles. The van der Waals surface area contributed by atoms with E-state index in [2.05, 4.69) is 0 Å². The molecule has 1 aliphatic heterocycles. The maximum Gasteiger partial charge on any atom is 0.460 e. The summed E-state index contributed by atoms with van der Waals surface area (Å²) in [4.78, 5) is 12.2. The molecule has 0 bridgehead atoms. The molecule has 0 aromatic rings. The molecular weight excluding hydrogens is 399 g/mol. The van der Waals surface area contributed by atoms with Gasteiger partial charge in [0.15, 0.2) is 0 Å². The summed E-state index contributed by atoms with van der Waals surface area (Å²) in [7, 11) is 0. The van der Waals surface area contributed by atoms with Crippen molar-refractivity contribution in [2.75, 3.05) is 26.3 Å². The van der Waals surface area contributed by atoms with Gasteiger partial charge in [-0.3, -0.25) is 4.79 Å². The lowest BCUT2D eigenvalue weighted by atomic mass is 9.95. The number of hydrogen-bond acceptors (Lipinski definition) is 3. The standard InChI is InChI=1S/C12H10F11NO2/c13-8(14,7(25)1-2-24-3-5-26-6-4-24)9(15,16)10(17,18)11(19,20)12(21,22)23/h1-2H,3-6H2/b2-1+. The Hall–Kier alpha value is -1.60. The highest BCUT2D eigenvalue weighted by atomic mass is 19.4. The Morgan fingerprint density at radius 2 is 1.23 bits per heavy atom. The van der Waals surface area contributed by atoms with Gasteiger partial charge in [0.25, 0.3) is 0 Å². The third-order valence-corrected chi connectivity index (χ3v) is 3.33. The van der Waals surface area contributed by atoms with Crippen molar-refractivity contribution in [1.29, 1.82) is 0 Å². The van der Waals surface area contributed by atoms with Crippen LogP contribution < -0.4 is 0 Å². The Kier molecular flexibility index (Phi) is 5.91. The van der Waals surface area contributed by atoms with E-state index >= 15 is 0 Å². The van der Waals surface area contributed by atoms with Crippen LogP contribution in [0.2, 0.25) is 0 Å². The van der Waals surface area contributed by atoms with Crippen molar-refractivity contribution >= 4 is 5.78 Å². The highest BCUT2D eigenvalue weighted by molar-refractivity contribution is 5.96. The number of carbonyl (C=O) groups is 1. The lowest BCUT2D eigenvalue weighted by molar-refractivity contribution is -0.416. The maximum absolute atomic E-state index is 13.4. The predicted octanol–water partition coefficient (Wildman–Crippen LogP) is 3.50. The Morgan fingerprint density at radius 1 is 0.769 bits per heavy atom. The van der Waals surface area contributed by atoms with Crippen LogP contribution in [0, 0.1) is 0 Å². The number of hydrogen-bond donors (Lipinski definition) is 0. The number of ketones is 1. The quantitative estimate of drug-likeness (QED) is 0.497. The molecule has 3 nitrogen and oxygen atoms in total. The van der Waals surface area contributed by atoms with Gasteiger partial charge in [-0.05, 0) is 0 Å². The van der Waals surface area contributed by atoms with Crippen molar-refractivity contribution in [3.63, 3.8) is 0 Å². The van der Waals surface area contributed by atoms with Crippen molar-refractivity contribution < 1.29 is 57.8 Å². The lowest BCUT2D eigenvalue weighted by Crippen LogP contribution is -2.67. The normalized spacial score (nSPS) is 18.5. The van der Waals surface area contributed by atoms with Crippen LogP contribution in [0.15, 0.2) is 12.3 Å². The maximum atomic E-state index is 13.4. The largest absolute Gasteiger partial charge is 0.460 e. The van der Waals surface area contributed by atoms with E-state index in [1.54, 1.807) is 0 Å². The first-order chi connectivity index (χ1) is 11.5. The summed E-state index contributed by atoms with van der Waals surface area (Å²) in [5, 5.41) is 0. The molecule has 0 N–H and O–H groups in total. The number of allylic oxidation sites excluding steroid dienone is 1. The monoisotopic (exact) mass is 409 g/mol. The van der Waals surface area contributed by atoms with Gasteiger partial charge >= 0.3 is 29.9 Å². The van der Waals surface area contributed by atoms with Crippen molar-refractivity contribution in [2.45, 2.75) is 29.9 Å². The summed E-state index contributed by atoms with van der Waals surface area (Å²) >= 11 is 0. The molecule has 1 aliphatic rings. The predicted molar refractivity (Wildman–Crippen MR) is 62.4 cm³/mol. The van der Waals surface area contributed by atoms with E-state index in [9.17, 15) is 53.1 Å². The van der Waals surface area contributed by atoms with Crippen LogP contribution in [-0.4, -0.2) is 66.9 Å². The zero-order valence-corrected chi connectivity index (χ0v) is 12.4. The van der Waals surface area contributed by atoms with Crippen molar-refractivity contribution in [1.82, 2.24) is 4.90 Å². The molecule has 0 amide bonds. The molecule has 26 heavy (non-hydrogen) atoms. The molecule has 14 heteroatoms. The molecule has 0 spiro atoms. The highest BCUT2D eigenvalue weighted by Gasteiger charge is 2.88. The van der Waals surface area contributed by atoms with Gasteiger partial charge in [0, 0.05) is 25.4 Å². The van der Waals surface area contributed by atoms with Gasteiger partial charge < -0.3 is 9.64 Å². The van der Waals surface area contributed by atoms with Crippen molar-refractivity contribution in [2.24, 2.45) is 0 Å². The second-order valence-electron chi connectivity index (χ2n) is 5.12. The van der Waals surface area contributed by atoms with Gasteiger partial charge in [-0.2, -0.15) is 48.3 Å². The van der Waals surface area contributed by atoms with Crippen LogP contribution in [0.3, 0.4) is 0 Å². The summed E-state index contributed by atoms with van der Waals surface area (Å²) in [5.74, 6) is -32.0. The van der Waals surface area contributed by atoms with Crippen LogP contribution in [0.4, 0.5) is 48.3 Å². The molecule has 0 radical (unpaired) electrons. The second-order valence-corrected chi connectivity index (χ2v) is 5.12. The van der Waals surface area contributed by atoms with E-state index in [0.717, 1.165) is 4.90 Å². The number of ether oxygens (including phenoxy) is 1. The highest BCUT2D eigenvalue weighted by Crippen LogP contribution is 2.57. The van der Waals surface area contributed by atoms with Gasteiger partial charge in [-0.15, -0.1) is 0 Å². The SMILES string of the molecule is O=C(/C=C/N1CCOCC1)C(F)(F)C(F)(F)C(F)(F)C(F)(F)C(F)(F)F. The average molecular weight is 409 g/mol. The Morgan fingerprint density at radius 3 is 1.65 bits per heavy atom. The molecule has 1 saturated heterocycles. The number of rotatable bonds is 6. The number of nitrogens with zero attached hydrogens (tertiary/aromatic N) is 1. The first-order valence-corrected chi connectivity index (χ1v) is 6.62. The average Bonchev–Trinajstić information content (AvgIpc) is 2.51. The van der Waals surface area contributed by atoms with E-state index in [1.165, 1.54) is 0 Å². The summed E-state index contributed by atoms with van der Waals surface area (Å²) in [6.07, 6.45) is -7.07. The minimum Gasteiger partial charge on any atom is -0.378 e. The first-order valence-electron chi connectivity index (χ1n) is 6.62. The van der Waals surface area contributed by atoms with E-state index in [0.29, 0.717) is 6.20 Å². The van der Waals surface area contributed by atoms with Crippen LogP contribution in [-0.2, 0) is 9.53 Å². The zero-order chi connectivity index (χ0) is 20.6. The third kappa shape index (κ3) is 3.60. The molecular formula is C12H10F11NO2. The minimum absolute atomic E-state index is 0.00798. The van der Waals surface area contributed by atoms with Gasteiger partial charge in [-0.1, -0.05) is 0 Å². The molecule has 0 aliphatic carbocycles. The molecule has 1 rings (SSSR count). The van der Waals surface area contributed by atoms with Crippen LogP contribution in [0.1, 0.15) is 0 Å². The van der Waals surface area contributed by atoms with Crippen LogP contribution >= 0.6 is 0 Å². The zero-order valence-electron chi connectivity index (χ0n) is 12.4. The topological polar surface area (TPSA) is 29.5 Å². The molecule has 152 valence electrons. The van der Waals surface area contributed by atoms with Crippen LogP contribution in [0.5, 0.6) is 0 Å². The lowest BCUT2D eigenvalue weighted by Gasteiger charge is -2.36. The van der Waals surface area contributed by atoms with Gasteiger partial charge in [-0.25, -0.2) is 0 Å². The van der Waals surface area contributed by atoms with Crippen LogP contribution in [0.25, 0.3) is 0 Å². The molecule has 0 aromatic carbocycles. The summed E-state index contributed by atoms with van der Waals surface area (Å²) in [5.41, 5.74) is 0. The fourth-order valence-corrected chi connectivity index (χ4v) is 1.73. The van der Waals surface area contributed by atoms with Gasteiger partial charge in [0.1, 0.15) is 0 Å². The molecule has 0 unspecified atom stereocenters. The smallest absolute Gasteiger partial charge is 0.378 e.